The molecule has 0 aliphatic rings. The number of halogens is 2. The normalized spacial score (nSPS) is 10.7. The van der Waals surface area contributed by atoms with Gasteiger partial charge in [0.05, 0.1) is 29.5 Å². The first-order chi connectivity index (χ1) is 14.0. The average molecular weight is 419 g/mol. The molecule has 6 nitrogen and oxygen atoms in total. The third-order valence-corrected chi connectivity index (χ3v) is 4.41. The molecular formula is C21H20ClFN2O4. The van der Waals surface area contributed by atoms with Crippen LogP contribution in [0.25, 0.3) is 11.3 Å². The van der Waals surface area contributed by atoms with Crippen LogP contribution in [-0.2, 0) is 0 Å². The number of aromatic nitrogens is 1. The quantitative estimate of drug-likeness (QED) is 0.549. The zero-order valence-electron chi connectivity index (χ0n) is 16.2. The number of benzene rings is 2. The summed E-state index contributed by atoms with van der Waals surface area (Å²) < 4.78 is 30.6. The van der Waals surface area contributed by atoms with E-state index in [2.05, 4.69) is 10.5 Å². The lowest BCUT2D eigenvalue weighted by molar-refractivity contribution is 0.102. The Hall–Kier alpha value is -3.06. The Morgan fingerprint density at radius 3 is 2.66 bits per heavy atom. The van der Waals surface area contributed by atoms with Crippen molar-refractivity contribution in [2.45, 2.75) is 20.8 Å². The number of hydrogen-bond acceptors (Lipinski definition) is 5. The number of hydrogen-bond donors (Lipinski definition) is 1. The van der Waals surface area contributed by atoms with E-state index in [4.69, 9.17) is 25.6 Å². The maximum atomic E-state index is 14.4. The average Bonchev–Trinajstić information content (AvgIpc) is 3.05. The number of carbonyl (C=O) groups is 1. The van der Waals surface area contributed by atoms with Crippen LogP contribution in [0, 0.1) is 12.7 Å². The summed E-state index contributed by atoms with van der Waals surface area (Å²) in [6, 6.07) is 9.35. The van der Waals surface area contributed by atoms with Crippen LogP contribution in [0.1, 0.15) is 30.0 Å². The van der Waals surface area contributed by atoms with Crippen LogP contribution in [0.15, 0.2) is 40.9 Å². The van der Waals surface area contributed by atoms with Gasteiger partial charge < -0.3 is 19.3 Å². The van der Waals surface area contributed by atoms with Gasteiger partial charge in [0, 0.05) is 6.07 Å². The van der Waals surface area contributed by atoms with E-state index in [1.807, 2.05) is 13.8 Å². The second kappa shape index (κ2) is 8.96. The molecule has 0 fully saturated rings. The van der Waals surface area contributed by atoms with Crippen molar-refractivity contribution < 1.29 is 23.2 Å². The van der Waals surface area contributed by atoms with Crippen LogP contribution in [0.5, 0.6) is 11.5 Å². The Labute approximate surface area is 172 Å². The Morgan fingerprint density at radius 2 is 1.97 bits per heavy atom. The lowest BCUT2D eigenvalue weighted by atomic mass is 10.0. The van der Waals surface area contributed by atoms with Gasteiger partial charge in [-0.2, -0.15) is 0 Å². The van der Waals surface area contributed by atoms with Gasteiger partial charge in [0.25, 0.3) is 5.91 Å². The van der Waals surface area contributed by atoms with Crippen LogP contribution < -0.4 is 14.8 Å². The minimum atomic E-state index is -0.604. The van der Waals surface area contributed by atoms with Crippen molar-refractivity contribution in [3.63, 3.8) is 0 Å². The smallest absolute Gasteiger partial charge is 0.261 e. The van der Waals surface area contributed by atoms with Gasteiger partial charge in [-0.3, -0.25) is 4.79 Å². The van der Waals surface area contributed by atoms with Gasteiger partial charge >= 0.3 is 0 Å². The monoisotopic (exact) mass is 418 g/mol. The van der Waals surface area contributed by atoms with Gasteiger partial charge in [0.1, 0.15) is 34.3 Å². The number of carbonyl (C=O) groups excluding carboxylic acids is 1. The summed E-state index contributed by atoms with van der Waals surface area (Å²) in [5.74, 6) is 0.145. The van der Waals surface area contributed by atoms with E-state index in [1.54, 1.807) is 25.1 Å². The highest BCUT2D eigenvalue weighted by molar-refractivity contribution is 6.33. The predicted molar refractivity (Wildman–Crippen MR) is 108 cm³/mol. The summed E-state index contributed by atoms with van der Waals surface area (Å²) in [6.45, 7) is 6.16. The van der Waals surface area contributed by atoms with Gasteiger partial charge in [0.15, 0.2) is 0 Å². The molecule has 0 saturated heterocycles. The maximum Gasteiger partial charge on any atom is 0.261 e. The number of rotatable bonds is 7. The fourth-order valence-electron chi connectivity index (χ4n) is 2.86. The summed E-state index contributed by atoms with van der Waals surface area (Å²) in [7, 11) is 0. The Balaban J connectivity index is 2.01. The van der Waals surface area contributed by atoms with Crippen LogP contribution in [0.2, 0.25) is 5.02 Å². The molecule has 0 spiro atoms. The second-order valence-electron chi connectivity index (χ2n) is 6.04. The molecule has 1 aromatic heterocycles. The first kappa shape index (κ1) is 20.7. The van der Waals surface area contributed by atoms with Crippen LogP contribution in [0.3, 0.4) is 0 Å². The molecule has 0 aliphatic carbocycles. The van der Waals surface area contributed by atoms with E-state index in [-0.39, 0.29) is 27.6 Å². The molecule has 29 heavy (non-hydrogen) atoms. The molecule has 1 N–H and O–H groups in total. The lowest BCUT2D eigenvalue weighted by Crippen LogP contribution is -2.15. The van der Waals surface area contributed by atoms with E-state index in [9.17, 15) is 9.18 Å². The largest absolute Gasteiger partial charge is 0.494 e. The van der Waals surface area contributed by atoms with E-state index in [0.29, 0.717) is 30.4 Å². The highest BCUT2D eigenvalue weighted by Crippen LogP contribution is 2.35. The minimum Gasteiger partial charge on any atom is -0.494 e. The molecule has 1 heterocycles. The Morgan fingerprint density at radius 1 is 1.21 bits per heavy atom. The number of aryl methyl sites for hydroxylation is 1. The molecule has 8 heteroatoms. The molecule has 3 rings (SSSR count). The van der Waals surface area contributed by atoms with Gasteiger partial charge in [-0.25, -0.2) is 4.39 Å². The minimum absolute atomic E-state index is 0.00395. The predicted octanol–water partition coefficient (Wildman–Crippen LogP) is 5.49. The topological polar surface area (TPSA) is 73.6 Å². The molecule has 0 aliphatic heterocycles. The van der Waals surface area contributed by atoms with Crippen LogP contribution >= 0.6 is 11.6 Å². The molecule has 152 valence electrons. The zero-order valence-corrected chi connectivity index (χ0v) is 17.0. The molecule has 0 unspecified atom stereocenters. The van der Waals surface area contributed by atoms with Gasteiger partial charge in [-0.05, 0) is 45.0 Å². The van der Waals surface area contributed by atoms with Crippen molar-refractivity contribution in [2.75, 3.05) is 18.5 Å². The third kappa shape index (κ3) is 4.35. The molecule has 3 aromatic rings. The van der Waals surface area contributed by atoms with Crippen LogP contribution in [0.4, 0.5) is 10.1 Å². The number of nitrogens with zero attached hydrogens (tertiary/aromatic N) is 1. The van der Waals surface area contributed by atoms with Crippen molar-refractivity contribution in [3.05, 3.63) is 58.6 Å². The highest BCUT2D eigenvalue weighted by atomic mass is 35.5. The lowest BCUT2D eigenvalue weighted by Gasteiger charge is -2.14. The van der Waals surface area contributed by atoms with Gasteiger partial charge in [0.2, 0.25) is 0 Å². The number of nitrogens with one attached hydrogen (secondary N) is 1. The van der Waals surface area contributed by atoms with Crippen molar-refractivity contribution in [1.82, 2.24) is 5.16 Å². The summed E-state index contributed by atoms with van der Waals surface area (Å²) in [6.07, 6.45) is 0. The Kier molecular flexibility index (Phi) is 6.39. The third-order valence-electron chi connectivity index (χ3n) is 4.10. The van der Waals surface area contributed by atoms with E-state index >= 15 is 0 Å². The van der Waals surface area contributed by atoms with Gasteiger partial charge in [-0.15, -0.1) is 0 Å². The molecule has 2 aromatic carbocycles. The van der Waals surface area contributed by atoms with Gasteiger partial charge in [-0.1, -0.05) is 22.8 Å². The first-order valence-corrected chi connectivity index (χ1v) is 9.45. The molecule has 0 saturated carbocycles. The van der Waals surface area contributed by atoms with Crippen molar-refractivity contribution >= 4 is 23.2 Å². The summed E-state index contributed by atoms with van der Waals surface area (Å²) in [5, 5.41) is 6.76. The SMILES string of the molecule is CCOc1ccc(OCC)c(NC(=O)c2c(-c3c(F)cccc3Cl)noc2C)c1. The van der Waals surface area contributed by atoms with E-state index in [0.717, 1.165) is 0 Å². The first-order valence-electron chi connectivity index (χ1n) is 9.07. The standard InChI is InChI=1S/C21H20ClFN2O4/c1-4-27-13-9-10-17(28-5-2)16(11-13)24-21(26)18-12(3)29-25-20(18)19-14(22)7-6-8-15(19)23/h6-11H,4-5H2,1-3H3,(H,24,26). The van der Waals surface area contributed by atoms with Crippen molar-refractivity contribution in [1.29, 1.82) is 0 Å². The molecule has 0 radical (unpaired) electrons. The molecular weight excluding hydrogens is 399 g/mol. The highest BCUT2D eigenvalue weighted by Gasteiger charge is 2.26. The maximum absolute atomic E-state index is 14.4. The summed E-state index contributed by atoms with van der Waals surface area (Å²) >= 11 is 6.14. The molecule has 0 bridgehead atoms. The number of amides is 1. The van der Waals surface area contributed by atoms with E-state index < -0.39 is 11.7 Å². The van der Waals surface area contributed by atoms with Crippen LogP contribution in [-0.4, -0.2) is 24.3 Å². The number of ether oxygens (including phenoxy) is 2. The Bertz CT molecular complexity index is 1020. The summed E-state index contributed by atoms with van der Waals surface area (Å²) in [5.41, 5.74) is 0.529. The second-order valence-corrected chi connectivity index (χ2v) is 6.44. The fourth-order valence-corrected chi connectivity index (χ4v) is 3.12. The molecule has 1 amide bonds. The summed E-state index contributed by atoms with van der Waals surface area (Å²) in [4.78, 5) is 13.1. The molecule has 0 atom stereocenters. The van der Waals surface area contributed by atoms with Crippen molar-refractivity contribution in [2.24, 2.45) is 0 Å². The zero-order chi connectivity index (χ0) is 21.0. The van der Waals surface area contributed by atoms with E-state index in [1.165, 1.54) is 18.2 Å². The number of anilines is 1. The fraction of sp³-hybridized carbons (Fsp3) is 0.238. The van der Waals surface area contributed by atoms with Crippen molar-refractivity contribution in [3.8, 4) is 22.8 Å².